The Balaban J connectivity index is 2.09. The van der Waals surface area contributed by atoms with Crippen molar-refractivity contribution in [2.45, 2.75) is 39.3 Å². The third-order valence-electron chi connectivity index (χ3n) is 4.89. The van der Waals surface area contributed by atoms with Crippen LogP contribution in [0.3, 0.4) is 0 Å². The number of carboxylic acid groups (broad SMARTS) is 1. The normalized spacial score (nSPS) is 15.1. The first-order chi connectivity index (χ1) is 13.2. The lowest BCUT2D eigenvalue weighted by Crippen LogP contribution is -2.38. The molecule has 2 heterocycles. The molecule has 0 radical (unpaired) electrons. The molecule has 0 amide bonds. The Hall–Kier alpha value is -2.97. The van der Waals surface area contributed by atoms with E-state index in [1.54, 1.807) is 6.92 Å². The molecule has 1 aromatic heterocycles. The zero-order valence-corrected chi connectivity index (χ0v) is 15.5. The van der Waals surface area contributed by atoms with Crippen LogP contribution in [0.2, 0.25) is 0 Å². The summed E-state index contributed by atoms with van der Waals surface area (Å²) in [5.74, 6) is -3.69. The molecule has 7 nitrogen and oxygen atoms in total. The molecular formula is C19H20F2N2O5. The Morgan fingerprint density at radius 1 is 1.29 bits per heavy atom. The molecule has 3 rings (SSSR count). The van der Waals surface area contributed by atoms with Crippen LogP contribution in [0.15, 0.2) is 17.1 Å². The van der Waals surface area contributed by atoms with Crippen LogP contribution in [-0.4, -0.2) is 40.8 Å². The Morgan fingerprint density at radius 3 is 2.46 bits per heavy atom. The number of halogens is 2. The standard InChI is InChI=1S/C19H20F2N2O5/c1-3-22-9-13(19(26)27)18(25)12-8-14(20)17(15(21)16(12)22)23-6-4-11(5-7-23)28-10(2)24/h8-9,11H,3-7H2,1-2H3,(H,26,27). The maximum atomic E-state index is 15.3. The van der Waals surface area contributed by atoms with E-state index < -0.39 is 34.6 Å². The lowest BCUT2D eigenvalue weighted by Gasteiger charge is -2.33. The van der Waals surface area contributed by atoms with Crippen LogP contribution in [0.25, 0.3) is 10.9 Å². The third-order valence-corrected chi connectivity index (χ3v) is 4.89. The van der Waals surface area contributed by atoms with E-state index in [2.05, 4.69) is 0 Å². The summed E-state index contributed by atoms with van der Waals surface area (Å²) >= 11 is 0. The second kappa shape index (κ2) is 7.57. The molecule has 1 aromatic carbocycles. The molecular weight excluding hydrogens is 374 g/mol. The van der Waals surface area contributed by atoms with E-state index in [4.69, 9.17) is 4.74 Å². The van der Waals surface area contributed by atoms with Gasteiger partial charge in [0.1, 0.15) is 23.2 Å². The topological polar surface area (TPSA) is 88.8 Å². The van der Waals surface area contributed by atoms with Crippen LogP contribution in [0.4, 0.5) is 14.5 Å². The van der Waals surface area contributed by atoms with Gasteiger partial charge < -0.3 is 19.3 Å². The van der Waals surface area contributed by atoms with Crippen LogP contribution in [0, 0.1) is 11.6 Å². The molecule has 0 saturated carbocycles. The summed E-state index contributed by atoms with van der Waals surface area (Å²) < 4.78 is 36.5. The molecule has 28 heavy (non-hydrogen) atoms. The average molecular weight is 394 g/mol. The quantitative estimate of drug-likeness (QED) is 0.802. The molecule has 150 valence electrons. The van der Waals surface area contributed by atoms with Crippen molar-refractivity contribution >= 4 is 28.5 Å². The van der Waals surface area contributed by atoms with Crippen molar-refractivity contribution in [3.63, 3.8) is 0 Å². The predicted octanol–water partition coefficient (Wildman–Crippen LogP) is 2.53. The number of pyridine rings is 1. The number of fused-ring (bicyclic) bond motifs is 1. The highest BCUT2D eigenvalue weighted by molar-refractivity contribution is 5.93. The van der Waals surface area contributed by atoms with Gasteiger partial charge in [0.2, 0.25) is 5.43 Å². The van der Waals surface area contributed by atoms with Crippen molar-refractivity contribution in [1.82, 2.24) is 4.57 Å². The van der Waals surface area contributed by atoms with Gasteiger partial charge in [-0.1, -0.05) is 0 Å². The van der Waals surface area contributed by atoms with Crippen molar-refractivity contribution < 1.29 is 28.2 Å². The van der Waals surface area contributed by atoms with E-state index in [9.17, 15) is 23.9 Å². The molecule has 0 atom stereocenters. The fourth-order valence-corrected chi connectivity index (χ4v) is 3.60. The summed E-state index contributed by atoms with van der Waals surface area (Å²) in [7, 11) is 0. The van der Waals surface area contributed by atoms with Gasteiger partial charge in [0.05, 0.1) is 10.9 Å². The van der Waals surface area contributed by atoms with E-state index in [0.29, 0.717) is 12.8 Å². The van der Waals surface area contributed by atoms with Crippen LogP contribution in [-0.2, 0) is 16.1 Å². The number of carbonyl (C=O) groups is 2. The zero-order chi connectivity index (χ0) is 20.6. The molecule has 0 bridgehead atoms. The molecule has 1 fully saturated rings. The van der Waals surface area contributed by atoms with Gasteiger partial charge in [-0.25, -0.2) is 13.6 Å². The Kier molecular flexibility index (Phi) is 5.35. The van der Waals surface area contributed by atoms with E-state index in [1.165, 1.54) is 16.4 Å². The number of hydrogen-bond donors (Lipinski definition) is 1. The number of benzene rings is 1. The van der Waals surface area contributed by atoms with Crippen molar-refractivity contribution in [1.29, 1.82) is 0 Å². The van der Waals surface area contributed by atoms with E-state index in [1.807, 2.05) is 0 Å². The van der Waals surface area contributed by atoms with Crippen LogP contribution >= 0.6 is 0 Å². The average Bonchev–Trinajstić information content (AvgIpc) is 2.63. The summed E-state index contributed by atoms with van der Waals surface area (Å²) in [6.45, 7) is 3.74. The smallest absolute Gasteiger partial charge is 0.341 e. The fraction of sp³-hybridized carbons (Fsp3) is 0.421. The zero-order valence-electron chi connectivity index (χ0n) is 15.5. The van der Waals surface area contributed by atoms with E-state index >= 15 is 4.39 Å². The molecule has 2 aromatic rings. The number of aromatic carboxylic acids is 1. The number of rotatable bonds is 4. The number of anilines is 1. The summed E-state index contributed by atoms with van der Waals surface area (Å²) in [4.78, 5) is 36.2. The number of piperidine rings is 1. The Labute approximate surface area is 159 Å². The van der Waals surface area contributed by atoms with E-state index in [0.717, 1.165) is 12.3 Å². The molecule has 1 aliphatic heterocycles. The molecule has 0 aliphatic carbocycles. The number of aromatic nitrogens is 1. The van der Waals surface area contributed by atoms with Crippen molar-refractivity contribution in [2.75, 3.05) is 18.0 Å². The summed E-state index contributed by atoms with van der Waals surface area (Å²) in [5, 5.41) is 8.87. The van der Waals surface area contributed by atoms with Gasteiger partial charge in [0.15, 0.2) is 5.82 Å². The van der Waals surface area contributed by atoms with Crippen LogP contribution in [0.1, 0.15) is 37.0 Å². The number of carbonyl (C=O) groups excluding carboxylic acids is 1. The SMILES string of the molecule is CCn1cc(C(=O)O)c(=O)c2cc(F)c(N3CCC(OC(C)=O)CC3)c(F)c21. The summed E-state index contributed by atoms with van der Waals surface area (Å²) in [5.41, 5.74) is -1.86. The van der Waals surface area contributed by atoms with Crippen LogP contribution in [0.5, 0.6) is 0 Å². The minimum absolute atomic E-state index is 0.129. The summed E-state index contributed by atoms with van der Waals surface area (Å²) in [6, 6.07) is 0.896. The molecule has 1 aliphatic rings. The molecule has 1 saturated heterocycles. The Bertz CT molecular complexity index is 1010. The number of hydrogen-bond acceptors (Lipinski definition) is 5. The van der Waals surface area contributed by atoms with Gasteiger partial charge in [0, 0.05) is 45.6 Å². The van der Waals surface area contributed by atoms with Gasteiger partial charge in [-0.05, 0) is 13.0 Å². The minimum atomic E-state index is -1.45. The maximum absolute atomic E-state index is 15.3. The van der Waals surface area contributed by atoms with Gasteiger partial charge in [-0.2, -0.15) is 0 Å². The predicted molar refractivity (Wildman–Crippen MR) is 97.8 cm³/mol. The van der Waals surface area contributed by atoms with Gasteiger partial charge in [-0.15, -0.1) is 0 Å². The first-order valence-electron chi connectivity index (χ1n) is 8.95. The summed E-state index contributed by atoms with van der Waals surface area (Å²) in [6.07, 6.45) is 1.63. The maximum Gasteiger partial charge on any atom is 0.341 e. The van der Waals surface area contributed by atoms with E-state index in [-0.39, 0.29) is 42.3 Å². The third kappa shape index (κ3) is 3.44. The van der Waals surface area contributed by atoms with Crippen molar-refractivity contribution in [2.24, 2.45) is 0 Å². The first kappa shape index (κ1) is 19.8. The van der Waals surface area contributed by atoms with Crippen LogP contribution < -0.4 is 10.3 Å². The number of aryl methyl sites for hydroxylation is 1. The first-order valence-corrected chi connectivity index (χ1v) is 8.95. The number of ether oxygens (including phenoxy) is 1. The highest BCUT2D eigenvalue weighted by Gasteiger charge is 2.28. The lowest BCUT2D eigenvalue weighted by molar-refractivity contribution is -0.147. The van der Waals surface area contributed by atoms with Gasteiger partial charge in [-0.3, -0.25) is 9.59 Å². The second-order valence-corrected chi connectivity index (χ2v) is 6.68. The second-order valence-electron chi connectivity index (χ2n) is 6.68. The van der Waals surface area contributed by atoms with Crippen molar-refractivity contribution in [3.05, 3.63) is 39.7 Å². The molecule has 0 spiro atoms. The van der Waals surface area contributed by atoms with Crippen molar-refractivity contribution in [3.8, 4) is 0 Å². The highest BCUT2D eigenvalue weighted by atomic mass is 19.1. The monoisotopic (exact) mass is 394 g/mol. The number of carboxylic acids is 1. The molecule has 9 heteroatoms. The lowest BCUT2D eigenvalue weighted by atomic mass is 10.0. The number of nitrogens with zero attached hydrogens (tertiary/aromatic N) is 2. The highest BCUT2D eigenvalue weighted by Crippen LogP contribution is 2.32. The Morgan fingerprint density at radius 2 is 1.93 bits per heavy atom. The minimum Gasteiger partial charge on any atom is -0.477 e. The number of esters is 1. The molecule has 0 unspecified atom stereocenters. The fourth-order valence-electron chi connectivity index (χ4n) is 3.60. The van der Waals surface area contributed by atoms with Gasteiger partial charge >= 0.3 is 11.9 Å². The molecule has 1 N–H and O–H groups in total. The van der Waals surface area contributed by atoms with Gasteiger partial charge in [0.25, 0.3) is 0 Å². The largest absolute Gasteiger partial charge is 0.477 e.